The predicted molar refractivity (Wildman–Crippen MR) is 83.3 cm³/mol. The smallest absolute Gasteiger partial charge is 0.137 e. The Kier molecular flexibility index (Phi) is 4.81. The van der Waals surface area contributed by atoms with E-state index in [4.69, 9.17) is 0 Å². The Morgan fingerprint density at radius 1 is 0.944 bits per heavy atom. The largest absolute Gasteiger partial charge is 0.379 e. The van der Waals surface area contributed by atoms with E-state index in [1.165, 1.54) is 6.07 Å². The fourth-order valence-corrected chi connectivity index (χ4v) is 3.03. The van der Waals surface area contributed by atoms with Gasteiger partial charge in [-0.05, 0) is 77.6 Å². The number of hydrogen-bond donors (Lipinski definition) is 1. The zero-order valence-corrected chi connectivity index (χ0v) is 13.9. The SMILES string of the molecule is Fc1cc(CNc2c(Br)cccc2Br)ccc1Br. The molecule has 0 bridgehead atoms. The van der Waals surface area contributed by atoms with Crippen LogP contribution in [0.2, 0.25) is 0 Å². The molecular formula is C13H9Br3FN. The van der Waals surface area contributed by atoms with E-state index >= 15 is 0 Å². The number of rotatable bonds is 3. The summed E-state index contributed by atoms with van der Waals surface area (Å²) in [5, 5.41) is 3.27. The van der Waals surface area contributed by atoms with E-state index < -0.39 is 0 Å². The second-order valence-electron chi connectivity index (χ2n) is 3.70. The molecule has 0 fully saturated rings. The summed E-state index contributed by atoms with van der Waals surface area (Å²) in [5.41, 5.74) is 1.85. The fourth-order valence-electron chi connectivity index (χ4n) is 1.51. The molecule has 2 aromatic carbocycles. The zero-order valence-electron chi connectivity index (χ0n) is 9.18. The van der Waals surface area contributed by atoms with Gasteiger partial charge in [0.1, 0.15) is 5.82 Å². The summed E-state index contributed by atoms with van der Waals surface area (Å²) >= 11 is 10.1. The minimum absolute atomic E-state index is 0.250. The maximum Gasteiger partial charge on any atom is 0.137 e. The first-order chi connectivity index (χ1) is 8.58. The quantitative estimate of drug-likeness (QED) is 0.647. The molecule has 0 atom stereocenters. The molecular weight excluding hydrogens is 429 g/mol. The molecule has 2 rings (SSSR count). The second kappa shape index (κ2) is 6.17. The van der Waals surface area contributed by atoms with E-state index in [0.717, 1.165) is 20.2 Å². The van der Waals surface area contributed by atoms with Crippen molar-refractivity contribution >= 4 is 53.5 Å². The molecule has 94 valence electrons. The highest BCUT2D eigenvalue weighted by Crippen LogP contribution is 2.31. The Bertz CT molecular complexity index is 552. The van der Waals surface area contributed by atoms with Crippen LogP contribution >= 0.6 is 47.8 Å². The first-order valence-corrected chi connectivity index (χ1v) is 7.57. The molecule has 0 aliphatic heterocycles. The van der Waals surface area contributed by atoms with Gasteiger partial charge >= 0.3 is 0 Å². The van der Waals surface area contributed by atoms with Crippen LogP contribution in [0.15, 0.2) is 49.8 Å². The van der Waals surface area contributed by atoms with Crippen molar-refractivity contribution in [1.29, 1.82) is 0 Å². The van der Waals surface area contributed by atoms with E-state index in [2.05, 4.69) is 53.1 Å². The lowest BCUT2D eigenvalue weighted by atomic mass is 10.2. The maximum absolute atomic E-state index is 13.4. The minimum atomic E-state index is -0.250. The van der Waals surface area contributed by atoms with Crippen molar-refractivity contribution < 1.29 is 4.39 Å². The van der Waals surface area contributed by atoms with Gasteiger partial charge in [0, 0.05) is 15.5 Å². The number of anilines is 1. The van der Waals surface area contributed by atoms with Crippen LogP contribution in [0.25, 0.3) is 0 Å². The number of nitrogens with one attached hydrogen (secondary N) is 1. The van der Waals surface area contributed by atoms with Crippen molar-refractivity contribution in [2.45, 2.75) is 6.54 Å². The first-order valence-electron chi connectivity index (χ1n) is 5.20. The van der Waals surface area contributed by atoms with Crippen molar-refractivity contribution in [3.05, 3.63) is 61.2 Å². The van der Waals surface area contributed by atoms with Gasteiger partial charge < -0.3 is 5.32 Å². The van der Waals surface area contributed by atoms with E-state index in [9.17, 15) is 4.39 Å². The standard InChI is InChI=1S/C13H9Br3FN/c14-9-5-4-8(6-12(9)17)7-18-13-10(15)2-1-3-11(13)16/h1-6,18H,7H2. The predicted octanol–water partition coefficient (Wildman–Crippen LogP) is 5.73. The third-order valence-corrected chi connectivity index (χ3v) is 4.38. The molecule has 0 aliphatic carbocycles. The Hall–Kier alpha value is -0.390. The Morgan fingerprint density at radius 3 is 2.22 bits per heavy atom. The highest BCUT2D eigenvalue weighted by atomic mass is 79.9. The monoisotopic (exact) mass is 435 g/mol. The summed E-state index contributed by atoms with van der Waals surface area (Å²) in [6.07, 6.45) is 0. The van der Waals surface area contributed by atoms with Crippen LogP contribution in [0.3, 0.4) is 0 Å². The number of para-hydroxylation sites is 1. The Morgan fingerprint density at radius 2 is 1.61 bits per heavy atom. The van der Waals surface area contributed by atoms with E-state index in [1.54, 1.807) is 6.07 Å². The second-order valence-corrected chi connectivity index (χ2v) is 6.26. The van der Waals surface area contributed by atoms with Crippen molar-refractivity contribution in [1.82, 2.24) is 0 Å². The van der Waals surface area contributed by atoms with Crippen LogP contribution in [-0.2, 0) is 6.54 Å². The lowest BCUT2D eigenvalue weighted by Gasteiger charge is -2.11. The van der Waals surface area contributed by atoms with Crippen molar-refractivity contribution in [3.8, 4) is 0 Å². The zero-order chi connectivity index (χ0) is 13.1. The van der Waals surface area contributed by atoms with E-state index in [1.807, 2.05) is 24.3 Å². The molecule has 0 aliphatic rings. The lowest BCUT2D eigenvalue weighted by Crippen LogP contribution is -2.01. The molecule has 0 saturated heterocycles. The normalized spacial score (nSPS) is 10.4. The number of halogens is 4. The van der Waals surface area contributed by atoms with Gasteiger partial charge in [-0.1, -0.05) is 12.1 Å². The highest BCUT2D eigenvalue weighted by molar-refractivity contribution is 9.11. The molecule has 0 aromatic heterocycles. The van der Waals surface area contributed by atoms with Crippen LogP contribution in [0.1, 0.15) is 5.56 Å². The van der Waals surface area contributed by atoms with Crippen LogP contribution in [0, 0.1) is 5.82 Å². The summed E-state index contributed by atoms with van der Waals surface area (Å²) in [6, 6.07) is 11.0. The molecule has 1 N–H and O–H groups in total. The van der Waals surface area contributed by atoms with Gasteiger partial charge in [-0.2, -0.15) is 0 Å². The van der Waals surface area contributed by atoms with Crippen LogP contribution in [-0.4, -0.2) is 0 Å². The van der Waals surface area contributed by atoms with Crippen molar-refractivity contribution in [2.24, 2.45) is 0 Å². The van der Waals surface area contributed by atoms with Crippen LogP contribution in [0.5, 0.6) is 0 Å². The van der Waals surface area contributed by atoms with Crippen molar-refractivity contribution in [2.75, 3.05) is 5.32 Å². The number of benzene rings is 2. The molecule has 2 aromatic rings. The van der Waals surface area contributed by atoms with Gasteiger partial charge in [0.25, 0.3) is 0 Å². The molecule has 0 radical (unpaired) electrons. The molecule has 5 heteroatoms. The van der Waals surface area contributed by atoms with Gasteiger partial charge in [-0.3, -0.25) is 0 Å². The summed E-state index contributed by atoms with van der Waals surface area (Å²) in [4.78, 5) is 0. The first kappa shape index (κ1) is 14.0. The average Bonchev–Trinajstić information content (AvgIpc) is 2.33. The Balaban J connectivity index is 2.14. The third-order valence-electron chi connectivity index (χ3n) is 2.42. The molecule has 0 spiro atoms. The summed E-state index contributed by atoms with van der Waals surface area (Å²) in [7, 11) is 0. The lowest BCUT2D eigenvalue weighted by molar-refractivity contribution is 0.619. The maximum atomic E-state index is 13.4. The van der Waals surface area contributed by atoms with Gasteiger partial charge in [0.15, 0.2) is 0 Å². The molecule has 0 unspecified atom stereocenters. The van der Waals surface area contributed by atoms with Gasteiger partial charge in [-0.15, -0.1) is 0 Å². The van der Waals surface area contributed by atoms with Gasteiger partial charge in [0.05, 0.1) is 10.2 Å². The fraction of sp³-hybridized carbons (Fsp3) is 0.0769. The van der Waals surface area contributed by atoms with Crippen LogP contribution < -0.4 is 5.32 Å². The number of hydrogen-bond acceptors (Lipinski definition) is 1. The van der Waals surface area contributed by atoms with Gasteiger partial charge in [0.2, 0.25) is 0 Å². The third kappa shape index (κ3) is 3.33. The van der Waals surface area contributed by atoms with Crippen molar-refractivity contribution in [3.63, 3.8) is 0 Å². The molecule has 18 heavy (non-hydrogen) atoms. The molecule has 0 amide bonds. The Labute approximate surface area is 130 Å². The summed E-state index contributed by atoms with van der Waals surface area (Å²) < 4.78 is 15.8. The topological polar surface area (TPSA) is 12.0 Å². The van der Waals surface area contributed by atoms with Gasteiger partial charge in [-0.25, -0.2) is 4.39 Å². The summed E-state index contributed by atoms with van der Waals surface area (Å²) in [5.74, 6) is -0.250. The minimum Gasteiger partial charge on any atom is -0.379 e. The van der Waals surface area contributed by atoms with E-state index in [-0.39, 0.29) is 5.82 Å². The molecule has 1 nitrogen and oxygen atoms in total. The average molecular weight is 438 g/mol. The molecule has 0 saturated carbocycles. The summed E-state index contributed by atoms with van der Waals surface area (Å²) in [6.45, 7) is 0.561. The van der Waals surface area contributed by atoms with E-state index in [0.29, 0.717) is 11.0 Å². The molecule has 0 heterocycles. The van der Waals surface area contributed by atoms with Crippen LogP contribution in [0.4, 0.5) is 10.1 Å². The highest BCUT2D eigenvalue weighted by Gasteiger charge is 2.05.